The highest BCUT2D eigenvalue weighted by atomic mass is 35.5. The van der Waals surface area contributed by atoms with E-state index in [2.05, 4.69) is 27.0 Å². The molecule has 1 saturated carbocycles. The minimum absolute atomic E-state index is 0.272. The molecule has 1 amide bonds. The normalized spacial score (nSPS) is 19.2. The average Bonchev–Trinajstić information content (AvgIpc) is 3.44. The Bertz CT molecular complexity index is 740. The Hall–Kier alpha value is -2.14. The van der Waals surface area contributed by atoms with Gasteiger partial charge in [-0.15, -0.1) is 0 Å². The van der Waals surface area contributed by atoms with Crippen molar-refractivity contribution in [3.8, 4) is 0 Å². The Morgan fingerprint density at radius 3 is 2.38 bits per heavy atom. The van der Waals surface area contributed by atoms with Gasteiger partial charge in [-0.25, -0.2) is 9.97 Å². The maximum absolute atomic E-state index is 13.0. The van der Waals surface area contributed by atoms with E-state index in [0.29, 0.717) is 5.15 Å². The lowest BCUT2D eigenvalue weighted by molar-refractivity contribution is -0.134. The highest BCUT2D eigenvalue weighted by Gasteiger charge is 2.53. The molecule has 1 saturated heterocycles. The van der Waals surface area contributed by atoms with Crippen molar-refractivity contribution in [2.75, 3.05) is 31.1 Å². The molecule has 24 heavy (non-hydrogen) atoms. The smallest absolute Gasteiger partial charge is 0.233 e. The number of hydrogen-bond donors (Lipinski definition) is 0. The van der Waals surface area contributed by atoms with Gasteiger partial charge in [-0.3, -0.25) is 4.79 Å². The van der Waals surface area contributed by atoms with Crippen molar-refractivity contribution in [3.63, 3.8) is 0 Å². The topological polar surface area (TPSA) is 49.3 Å². The molecule has 6 heteroatoms. The van der Waals surface area contributed by atoms with Gasteiger partial charge in [-0.2, -0.15) is 0 Å². The second-order valence-electron chi connectivity index (χ2n) is 6.43. The van der Waals surface area contributed by atoms with Crippen molar-refractivity contribution in [2.24, 2.45) is 0 Å². The first-order valence-corrected chi connectivity index (χ1v) is 8.64. The average molecular weight is 343 g/mol. The van der Waals surface area contributed by atoms with Gasteiger partial charge in [0.2, 0.25) is 5.91 Å². The Morgan fingerprint density at radius 2 is 1.75 bits per heavy atom. The molecule has 0 unspecified atom stereocenters. The molecule has 1 aromatic heterocycles. The Morgan fingerprint density at radius 1 is 1.04 bits per heavy atom. The van der Waals surface area contributed by atoms with Crippen LogP contribution in [0.3, 0.4) is 0 Å². The monoisotopic (exact) mass is 342 g/mol. The van der Waals surface area contributed by atoms with Crippen LogP contribution in [0.15, 0.2) is 42.7 Å². The maximum Gasteiger partial charge on any atom is 0.233 e. The maximum atomic E-state index is 13.0. The first kappa shape index (κ1) is 15.4. The lowest BCUT2D eigenvalue weighted by atomic mass is 9.94. The van der Waals surface area contributed by atoms with E-state index in [-0.39, 0.29) is 11.3 Å². The van der Waals surface area contributed by atoms with Crippen molar-refractivity contribution in [3.05, 3.63) is 53.4 Å². The largest absolute Gasteiger partial charge is 0.353 e. The summed E-state index contributed by atoms with van der Waals surface area (Å²) in [5, 5.41) is 0.444. The summed E-state index contributed by atoms with van der Waals surface area (Å²) in [7, 11) is 0. The van der Waals surface area contributed by atoms with Crippen molar-refractivity contribution < 1.29 is 4.79 Å². The van der Waals surface area contributed by atoms with Crippen LogP contribution in [0.2, 0.25) is 5.15 Å². The highest BCUT2D eigenvalue weighted by molar-refractivity contribution is 6.29. The van der Waals surface area contributed by atoms with Gasteiger partial charge in [0.25, 0.3) is 0 Å². The van der Waals surface area contributed by atoms with Crippen LogP contribution in [0.5, 0.6) is 0 Å². The van der Waals surface area contributed by atoms with Crippen LogP contribution in [0.1, 0.15) is 18.4 Å². The Balaban J connectivity index is 1.44. The molecule has 1 aliphatic carbocycles. The number of aromatic nitrogens is 2. The predicted octanol–water partition coefficient (Wildman–Crippen LogP) is 2.51. The Labute approximate surface area is 146 Å². The van der Waals surface area contributed by atoms with Crippen molar-refractivity contribution in [1.82, 2.24) is 14.9 Å². The quantitative estimate of drug-likeness (QED) is 0.804. The first-order chi connectivity index (χ1) is 11.7. The van der Waals surface area contributed by atoms with Crippen LogP contribution in [0, 0.1) is 0 Å². The molecule has 0 atom stereocenters. The minimum Gasteiger partial charge on any atom is -0.353 e. The molecule has 2 heterocycles. The van der Waals surface area contributed by atoms with Crippen LogP contribution in [-0.2, 0) is 10.2 Å². The molecule has 2 aliphatic rings. The van der Waals surface area contributed by atoms with E-state index in [1.807, 2.05) is 23.1 Å². The number of carbonyl (C=O) groups excluding carboxylic acids is 1. The molecule has 2 fully saturated rings. The zero-order valence-corrected chi connectivity index (χ0v) is 14.1. The van der Waals surface area contributed by atoms with Crippen molar-refractivity contribution in [2.45, 2.75) is 18.3 Å². The van der Waals surface area contributed by atoms with Gasteiger partial charge in [0.15, 0.2) is 0 Å². The second kappa shape index (κ2) is 6.06. The molecule has 1 aromatic carbocycles. The zero-order valence-electron chi connectivity index (χ0n) is 13.4. The summed E-state index contributed by atoms with van der Waals surface area (Å²) >= 11 is 5.94. The first-order valence-electron chi connectivity index (χ1n) is 8.26. The lowest BCUT2D eigenvalue weighted by Gasteiger charge is -2.37. The number of rotatable bonds is 3. The van der Waals surface area contributed by atoms with Gasteiger partial charge in [0, 0.05) is 32.2 Å². The van der Waals surface area contributed by atoms with Crippen LogP contribution in [0.4, 0.5) is 5.82 Å². The predicted molar refractivity (Wildman–Crippen MR) is 93.2 cm³/mol. The van der Waals surface area contributed by atoms with E-state index >= 15 is 0 Å². The van der Waals surface area contributed by atoms with Gasteiger partial charge < -0.3 is 9.80 Å². The molecule has 124 valence electrons. The summed E-state index contributed by atoms with van der Waals surface area (Å²) in [6.07, 6.45) is 3.39. The van der Waals surface area contributed by atoms with Crippen LogP contribution >= 0.6 is 11.6 Å². The fourth-order valence-electron chi connectivity index (χ4n) is 3.45. The number of nitrogens with zero attached hydrogens (tertiary/aromatic N) is 4. The fourth-order valence-corrected chi connectivity index (χ4v) is 3.59. The third-order valence-corrected chi connectivity index (χ3v) is 5.20. The van der Waals surface area contributed by atoms with E-state index < -0.39 is 0 Å². The van der Waals surface area contributed by atoms with Gasteiger partial charge in [0.1, 0.15) is 17.3 Å². The zero-order chi connectivity index (χ0) is 16.6. The summed E-state index contributed by atoms with van der Waals surface area (Å²) in [4.78, 5) is 25.4. The van der Waals surface area contributed by atoms with Crippen LogP contribution < -0.4 is 4.90 Å². The number of anilines is 1. The minimum atomic E-state index is -0.276. The summed E-state index contributed by atoms with van der Waals surface area (Å²) in [6.45, 7) is 2.97. The third-order valence-electron chi connectivity index (χ3n) is 5.00. The summed E-state index contributed by atoms with van der Waals surface area (Å²) in [5.41, 5.74) is 0.877. The van der Waals surface area contributed by atoms with Crippen molar-refractivity contribution >= 4 is 23.3 Å². The molecule has 0 bridgehead atoms. The van der Waals surface area contributed by atoms with Crippen molar-refractivity contribution in [1.29, 1.82) is 0 Å². The van der Waals surface area contributed by atoms with E-state index in [9.17, 15) is 4.79 Å². The molecule has 0 spiro atoms. The third kappa shape index (κ3) is 2.73. The van der Waals surface area contributed by atoms with E-state index in [1.54, 1.807) is 6.07 Å². The molecule has 2 aromatic rings. The van der Waals surface area contributed by atoms with E-state index in [4.69, 9.17) is 11.6 Å². The molecule has 5 nitrogen and oxygen atoms in total. The van der Waals surface area contributed by atoms with Gasteiger partial charge >= 0.3 is 0 Å². The van der Waals surface area contributed by atoms with Crippen LogP contribution in [-0.4, -0.2) is 47.0 Å². The van der Waals surface area contributed by atoms with E-state index in [1.165, 1.54) is 6.33 Å². The molecule has 0 N–H and O–H groups in total. The van der Waals surface area contributed by atoms with Gasteiger partial charge in [-0.05, 0) is 18.4 Å². The van der Waals surface area contributed by atoms with Gasteiger partial charge in [-0.1, -0.05) is 41.9 Å². The standard InChI is InChI=1S/C18H19ClN4O/c19-15-12-16(21-13-20-15)22-8-10-23(11-9-22)17(24)18(6-7-18)14-4-2-1-3-5-14/h1-5,12-13H,6-11H2. The molecule has 1 aliphatic heterocycles. The van der Waals surface area contributed by atoms with E-state index in [0.717, 1.165) is 50.4 Å². The Kier molecular flexibility index (Phi) is 3.88. The van der Waals surface area contributed by atoms with Crippen LogP contribution in [0.25, 0.3) is 0 Å². The summed E-state index contributed by atoms with van der Waals surface area (Å²) in [6, 6.07) is 11.9. The number of halogens is 1. The number of carbonyl (C=O) groups is 1. The SMILES string of the molecule is O=C(N1CCN(c2cc(Cl)ncn2)CC1)C1(c2ccccc2)CC1. The second-order valence-corrected chi connectivity index (χ2v) is 6.81. The summed E-state index contributed by atoms with van der Waals surface area (Å²) in [5.74, 6) is 1.10. The highest BCUT2D eigenvalue weighted by Crippen LogP contribution is 2.49. The number of benzene rings is 1. The number of piperazine rings is 1. The van der Waals surface area contributed by atoms with Gasteiger partial charge in [0.05, 0.1) is 5.41 Å². The molecule has 4 rings (SSSR count). The number of amides is 1. The lowest BCUT2D eigenvalue weighted by Crippen LogP contribution is -2.51. The molecular formula is C18H19ClN4O. The molecule has 0 radical (unpaired) electrons. The fraction of sp³-hybridized carbons (Fsp3) is 0.389. The summed E-state index contributed by atoms with van der Waals surface area (Å²) < 4.78 is 0. The number of hydrogen-bond acceptors (Lipinski definition) is 4. The molecular weight excluding hydrogens is 324 g/mol.